The Kier molecular flexibility index (Phi) is 3.49. The topological polar surface area (TPSA) is 66.4 Å². The van der Waals surface area contributed by atoms with Crippen LogP contribution in [0.2, 0.25) is 0 Å². The molecule has 0 spiro atoms. The van der Waals surface area contributed by atoms with Crippen LogP contribution in [0.1, 0.15) is 31.2 Å². The average molecular weight is 281 g/mol. The lowest BCUT2D eigenvalue weighted by atomic mass is 10.2. The van der Waals surface area contributed by atoms with Crippen LogP contribution in [0.25, 0.3) is 0 Å². The van der Waals surface area contributed by atoms with Gasteiger partial charge in [0.25, 0.3) is 5.91 Å². The molecule has 0 atom stereocenters. The summed E-state index contributed by atoms with van der Waals surface area (Å²) in [5.74, 6) is -1.17. The summed E-state index contributed by atoms with van der Waals surface area (Å²) in [6.45, 7) is 3.58. The normalized spacial score (nSPS) is 10.3. The van der Waals surface area contributed by atoms with Crippen molar-refractivity contribution in [1.82, 2.24) is 0 Å². The molecule has 0 aliphatic heterocycles. The summed E-state index contributed by atoms with van der Waals surface area (Å²) in [6.07, 6.45) is 0. The molecule has 0 saturated heterocycles. The number of carbonyl (C=O) groups excluding carboxylic acids is 1. The quantitative estimate of drug-likeness (QED) is 0.906. The number of aryl methyl sites for hydroxylation is 2. The molecule has 2 rings (SSSR count). The Balaban J connectivity index is 2.20. The Hall–Kier alpha value is -1.66. The molecule has 0 bridgehead atoms. The highest BCUT2D eigenvalue weighted by Crippen LogP contribution is 2.27. The van der Waals surface area contributed by atoms with Gasteiger partial charge in [-0.25, -0.2) is 4.79 Å². The second kappa shape index (κ2) is 4.91. The van der Waals surface area contributed by atoms with E-state index in [-0.39, 0.29) is 10.8 Å². The number of rotatable bonds is 3. The van der Waals surface area contributed by atoms with Crippen molar-refractivity contribution in [2.45, 2.75) is 13.8 Å². The van der Waals surface area contributed by atoms with Crippen LogP contribution in [0, 0.1) is 13.8 Å². The van der Waals surface area contributed by atoms with E-state index in [0.717, 1.165) is 16.9 Å². The number of aromatic carboxylic acids is 1. The number of anilines is 1. The van der Waals surface area contributed by atoms with Crippen molar-refractivity contribution in [1.29, 1.82) is 0 Å². The summed E-state index contributed by atoms with van der Waals surface area (Å²) in [5.41, 5.74) is 2.21. The smallest absolute Gasteiger partial charge is 0.346 e. The number of hydrogen-bond acceptors (Lipinski definition) is 4. The fourth-order valence-corrected chi connectivity index (χ4v) is 3.26. The van der Waals surface area contributed by atoms with Crippen LogP contribution in [0.4, 0.5) is 5.00 Å². The Morgan fingerprint density at radius 2 is 1.94 bits per heavy atom. The highest BCUT2D eigenvalue weighted by atomic mass is 32.1. The first kappa shape index (κ1) is 12.8. The van der Waals surface area contributed by atoms with Gasteiger partial charge in [0.05, 0.1) is 10.6 Å². The fourth-order valence-electron chi connectivity index (χ4n) is 1.53. The average Bonchev–Trinajstić information content (AvgIpc) is 2.84. The number of hydrogen-bond donors (Lipinski definition) is 2. The second-order valence-electron chi connectivity index (χ2n) is 3.85. The lowest BCUT2D eigenvalue weighted by Crippen LogP contribution is -2.10. The molecule has 6 heteroatoms. The van der Waals surface area contributed by atoms with Crippen LogP contribution in [0.5, 0.6) is 0 Å². The zero-order valence-corrected chi connectivity index (χ0v) is 11.4. The van der Waals surface area contributed by atoms with Gasteiger partial charge in [-0.3, -0.25) is 4.79 Å². The zero-order valence-electron chi connectivity index (χ0n) is 9.81. The van der Waals surface area contributed by atoms with Gasteiger partial charge in [-0.05, 0) is 36.4 Å². The van der Waals surface area contributed by atoms with E-state index >= 15 is 0 Å². The van der Waals surface area contributed by atoms with Crippen LogP contribution >= 0.6 is 22.7 Å². The maximum atomic E-state index is 11.9. The summed E-state index contributed by atoms with van der Waals surface area (Å²) < 4.78 is 0. The molecular formula is C12H11NO3S2. The lowest BCUT2D eigenvalue weighted by molar-refractivity contribution is 0.0701. The van der Waals surface area contributed by atoms with Crippen molar-refractivity contribution >= 4 is 39.6 Å². The van der Waals surface area contributed by atoms with Gasteiger partial charge < -0.3 is 10.4 Å². The fraction of sp³-hybridized carbons (Fsp3) is 0.167. The van der Waals surface area contributed by atoms with Crippen molar-refractivity contribution in [2.24, 2.45) is 0 Å². The first-order chi connectivity index (χ1) is 8.49. The number of thiophene rings is 2. The Labute approximate surface area is 112 Å². The Morgan fingerprint density at radius 1 is 1.22 bits per heavy atom. The molecule has 0 radical (unpaired) electrons. The van der Waals surface area contributed by atoms with E-state index in [1.54, 1.807) is 18.4 Å². The highest BCUT2D eigenvalue weighted by Gasteiger charge is 2.15. The van der Waals surface area contributed by atoms with Crippen molar-refractivity contribution in [3.63, 3.8) is 0 Å². The van der Waals surface area contributed by atoms with E-state index < -0.39 is 5.97 Å². The van der Waals surface area contributed by atoms with Crippen molar-refractivity contribution in [3.8, 4) is 0 Å². The number of amides is 1. The van der Waals surface area contributed by atoms with Crippen molar-refractivity contribution < 1.29 is 14.7 Å². The molecule has 0 aromatic carbocycles. The van der Waals surface area contributed by atoms with Crippen LogP contribution in [0.3, 0.4) is 0 Å². The summed E-state index contributed by atoms with van der Waals surface area (Å²) in [4.78, 5) is 23.1. The van der Waals surface area contributed by atoms with Crippen LogP contribution < -0.4 is 5.32 Å². The minimum absolute atomic E-state index is 0.202. The molecule has 1 amide bonds. The Bertz CT molecular complexity index is 613. The van der Waals surface area contributed by atoms with Crippen LogP contribution in [-0.4, -0.2) is 17.0 Å². The van der Waals surface area contributed by atoms with Crippen LogP contribution in [0.15, 0.2) is 16.8 Å². The Morgan fingerprint density at radius 3 is 2.44 bits per heavy atom. The molecule has 18 heavy (non-hydrogen) atoms. The third-order valence-electron chi connectivity index (χ3n) is 2.45. The maximum Gasteiger partial charge on any atom is 0.346 e. The number of carbonyl (C=O) groups is 2. The summed E-state index contributed by atoms with van der Waals surface area (Å²) >= 11 is 2.54. The number of carboxylic acids is 1. The zero-order chi connectivity index (χ0) is 13.3. The van der Waals surface area contributed by atoms with E-state index in [1.807, 2.05) is 12.3 Å². The summed E-state index contributed by atoms with van der Waals surface area (Å²) in [5, 5.41) is 15.9. The van der Waals surface area contributed by atoms with Gasteiger partial charge in [0.2, 0.25) is 0 Å². The number of nitrogens with one attached hydrogen (secondary N) is 1. The molecule has 0 aliphatic carbocycles. The molecule has 0 aliphatic rings. The largest absolute Gasteiger partial charge is 0.477 e. The third kappa shape index (κ3) is 2.44. The minimum Gasteiger partial charge on any atom is -0.477 e. The first-order valence-corrected chi connectivity index (χ1v) is 6.93. The van der Waals surface area contributed by atoms with Gasteiger partial charge in [-0.1, -0.05) is 0 Å². The standard InChI is InChI=1S/C12H11NO3S2/c1-6-3-9(18-10(6)12(15)16)13-11(14)8-5-17-4-7(8)2/h3-5H,1-2H3,(H,13,14)(H,15,16). The summed E-state index contributed by atoms with van der Waals surface area (Å²) in [7, 11) is 0. The molecule has 0 saturated carbocycles. The van der Waals surface area contributed by atoms with E-state index in [9.17, 15) is 9.59 Å². The van der Waals surface area contributed by atoms with E-state index in [4.69, 9.17) is 5.11 Å². The molecule has 2 heterocycles. The molecule has 0 fully saturated rings. The van der Waals surface area contributed by atoms with E-state index in [1.165, 1.54) is 11.3 Å². The van der Waals surface area contributed by atoms with E-state index in [2.05, 4.69) is 5.32 Å². The molecular weight excluding hydrogens is 270 g/mol. The van der Waals surface area contributed by atoms with Crippen LogP contribution in [-0.2, 0) is 0 Å². The van der Waals surface area contributed by atoms with Gasteiger partial charge >= 0.3 is 5.97 Å². The highest BCUT2D eigenvalue weighted by molar-refractivity contribution is 7.18. The lowest BCUT2D eigenvalue weighted by Gasteiger charge is -2.00. The minimum atomic E-state index is -0.968. The van der Waals surface area contributed by atoms with E-state index in [0.29, 0.717) is 16.1 Å². The molecule has 2 aromatic heterocycles. The molecule has 4 nitrogen and oxygen atoms in total. The number of carboxylic acid groups (broad SMARTS) is 1. The first-order valence-electron chi connectivity index (χ1n) is 5.17. The summed E-state index contributed by atoms with van der Waals surface area (Å²) in [6, 6.07) is 1.67. The molecule has 2 aromatic rings. The predicted octanol–water partition coefficient (Wildman–Crippen LogP) is 3.38. The van der Waals surface area contributed by atoms with Gasteiger partial charge in [-0.2, -0.15) is 11.3 Å². The van der Waals surface area contributed by atoms with Crippen molar-refractivity contribution in [2.75, 3.05) is 5.32 Å². The van der Waals surface area contributed by atoms with Gasteiger partial charge in [-0.15, -0.1) is 11.3 Å². The predicted molar refractivity (Wildman–Crippen MR) is 73.0 cm³/mol. The molecule has 2 N–H and O–H groups in total. The van der Waals surface area contributed by atoms with Gasteiger partial charge in [0.1, 0.15) is 4.88 Å². The SMILES string of the molecule is Cc1cscc1C(=O)Nc1cc(C)c(C(=O)O)s1. The van der Waals surface area contributed by atoms with Gasteiger partial charge in [0, 0.05) is 5.38 Å². The second-order valence-corrected chi connectivity index (χ2v) is 5.65. The maximum absolute atomic E-state index is 11.9. The molecule has 94 valence electrons. The van der Waals surface area contributed by atoms with Crippen molar-refractivity contribution in [3.05, 3.63) is 38.4 Å². The monoisotopic (exact) mass is 281 g/mol. The van der Waals surface area contributed by atoms with Gasteiger partial charge in [0.15, 0.2) is 0 Å². The third-order valence-corrected chi connectivity index (χ3v) is 4.45. The molecule has 0 unspecified atom stereocenters.